The maximum absolute atomic E-state index is 13.1. The fraction of sp³-hybridized carbons (Fsp3) is 0.480. The summed E-state index contributed by atoms with van der Waals surface area (Å²) >= 11 is 0. The van der Waals surface area contributed by atoms with Crippen LogP contribution in [0.2, 0.25) is 0 Å². The molecule has 2 saturated heterocycles. The molecular formula is C25H32N4O3. The van der Waals surface area contributed by atoms with E-state index in [-0.39, 0.29) is 24.3 Å². The number of anilines is 2. The Hall–Kier alpha value is -2.93. The van der Waals surface area contributed by atoms with Gasteiger partial charge >= 0.3 is 0 Å². The van der Waals surface area contributed by atoms with Crippen molar-refractivity contribution >= 4 is 23.3 Å². The number of ether oxygens (including phenoxy) is 1. The molecule has 7 nitrogen and oxygen atoms in total. The Morgan fingerprint density at radius 3 is 2.44 bits per heavy atom. The van der Waals surface area contributed by atoms with E-state index in [0.717, 1.165) is 44.2 Å². The van der Waals surface area contributed by atoms with Crippen LogP contribution in [-0.2, 0) is 9.59 Å². The van der Waals surface area contributed by atoms with Crippen molar-refractivity contribution < 1.29 is 14.3 Å². The molecule has 0 unspecified atom stereocenters. The smallest absolute Gasteiger partial charge is 0.251 e. The number of rotatable bonds is 9. The summed E-state index contributed by atoms with van der Waals surface area (Å²) in [5.74, 6) is 1.46. The van der Waals surface area contributed by atoms with Gasteiger partial charge in [0.15, 0.2) is 0 Å². The fourth-order valence-electron chi connectivity index (χ4n) is 4.39. The first-order chi connectivity index (χ1) is 15.7. The van der Waals surface area contributed by atoms with E-state index in [1.807, 2.05) is 30.3 Å². The zero-order valence-electron chi connectivity index (χ0n) is 18.8. The summed E-state index contributed by atoms with van der Waals surface area (Å²) < 4.78 is 5.78. The second-order valence-corrected chi connectivity index (χ2v) is 8.40. The molecule has 2 amide bonds. The molecule has 4 rings (SSSR count). The molecule has 0 N–H and O–H groups in total. The van der Waals surface area contributed by atoms with Crippen molar-refractivity contribution in [3.63, 3.8) is 0 Å². The van der Waals surface area contributed by atoms with Crippen LogP contribution in [-0.4, -0.2) is 60.5 Å². The van der Waals surface area contributed by atoms with Gasteiger partial charge in [-0.3, -0.25) is 14.5 Å². The first-order valence-corrected chi connectivity index (χ1v) is 11.7. The van der Waals surface area contributed by atoms with Crippen LogP contribution < -0.4 is 14.5 Å². The number of pyridine rings is 1. The summed E-state index contributed by atoms with van der Waals surface area (Å²) in [6.45, 7) is 5.93. The maximum Gasteiger partial charge on any atom is 0.251 e. The number of carbonyl (C=O) groups excluding carboxylic acids is 2. The van der Waals surface area contributed by atoms with E-state index in [1.165, 1.54) is 24.2 Å². The van der Waals surface area contributed by atoms with Gasteiger partial charge < -0.3 is 9.64 Å². The van der Waals surface area contributed by atoms with Crippen molar-refractivity contribution in [3.8, 4) is 5.75 Å². The molecular weight excluding hydrogens is 404 g/mol. The number of hydrogen-bond acceptors (Lipinski definition) is 6. The highest BCUT2D eigenvalue weighted by Gasteiger charge is 2.43. The minimum Gasteiger partial charge on any atom is -0.494 e. The monoisotopic (exact) mass is 436 g/mol. The number of aromatic nitrogens is 1. The highest BCUT2D eigenvalue weighted by atomic mass is 16.5. The molecule has 0 spiro atoms. The molecule has 1 aromatic heterocycles. The summed E-state index contributed by atoms with van der Waals surface area (Å²) in [6, 6.07) is 12.8. The molecule has 0 saturated carbocycles. The Bertz CT molecular complexity index is 895. The van der Waals surface area contributed by atoms with Crippen LogP contribution in [0.15, 0.2) is 48.7 Å². The number of piperazine rings is 1. The number of benzene rings is 1. The molecule has 170 valence electrons. The Balaban J connectivity index is 1.32. The van der Waals surface area contributed by atoms with Gasteiger partial charge in [0, 0.05) is 32.4 Å². The van der Waals surface area contributed by atoms with E-state index in [0.29, 0.717) is 12.3 Å². The van der Waals surface area contributed by atoms with Crippen molar-refractivity contribution in [2.24, 2.45) is 0 Å². The highest BCUT2D eigenvalue weighted by molar-refractivity contribution is 6.22. The van der Waals surface area contributed by atoms with Crippen LogP contribution in [0.1, 0.15) is 39.0 Å². The third-order valence-corrected chi connectivity index (χ3v) is 6.21. The lowest BCUT2D eigenvalue weighted by Gasteiger charge is -2.37. The minimum absolute atomic E-state index is 0.130. The Morgan fingerprint density at radius 1 is 0.969 bits per heavy atom. The molecule has 2 fully saturated rings. The van der Waals surface area contributed by atoms with Gasteiger partial charge in [-0.1, -0.05) is 32.3 Å². The molecule has 1 aromatic carbocycles. The van der Waals surface area contributed by atoms with Gasteiger partial charge in [-0.2, -0.15) is 0 Å². The summed E-state index contributed by atoms with van der Waals surface area (Å²) in [7, 11) is 0. The number of nitrogens with zero attached hydrogens (tertiary/aromatic N) is 4. The first kappa shape index (κ1) is 22.3. The van der Waals surface area contributed by atoms with Gasteiger partial charge in [0.1, 0.15) is 11.6 Å². The lowest BCUT2D eigenvalue weighted by molar-refractivity contribution is -0.123. The number of unbranched alkanes of at least 4 members (excludes halogenated alkanes) is 3. The van der Waals surface area contributed by atoms with Crippen molar-refractivity contribution in [3.05, 3.63) is 48.7 Å². The molecule has 7 heteroatoms. The number of carbonyl (C=O) groups is 2. The van der Waals surface area contributed by atoms with Crippen LogP contribution >= 0.6 is 0 Å². The number of amides is 2. The number of hydrogen-bond donors (Lipinski definition) is 0. The van der Waals surface area contributed by atoms with E-state index >= 15 is 0 Å². The Morgan fingerprint density at radius 2 is 1.75 bits per heavy atom. The van der Waals surface area contributed by atoms with Gasteiger partial charge in [-0.15, -0.1) is 0 Å². The van der Waals surface area contributed by atoms with E-state index in [4.69, 9.17) is 4.74 Å². The van der Waals surface area contributed by atoms with Crippen LogP contribution in [0.5, 0.6) is 5.75 Å². The molecule has 3 heterocycles. The van der Waals surface area contributed by atoms with Crippen LogP contribution in [0.25, 0.3) is 0 Å². The van der Waals surface area contributed by atoms with Gasteiger partial charge in [0.25, 0.3) is 5.91 Å². The predicted molar refractivity (Wildman–Crippen MR) is 125 cm³/mol. The zero-order valence-corrected chi connectivity index (χ0v) is 18.8. The average Bonchev–Trinajstić information content (AvgIpc) is 3.14. The normalized spacial score (nSPS) is 19.6. The lowest BCUT2D eigenvalue weighted by Crippen LogP contribution is -2.52. The molecule has 2 aliphatic heterocycles. The molecule has 0 aliphatic carbocycles. The lowest BCUT2D eigenvalue weighted by atomic mass is 10.1. The Labute approximate surface area is 190 Å². The van der Waals surface area contributed by atoms with Crippen molar-refractivity contribution in [2.75, 3.05) is 42.6 Å². The Kier molecular flexibility index (Phi) is 7.37. The van der Waals surface area contributed by atoms with Crippen LogP contribution in [0.4, 0.5) is 11.5 Å². The van der Waals surface area contributed by atoms with Gasteiger partial charge in [-0.25, -0.2) is 9.88 Å². The number of imide groups is 1. The van der Waals surface area contributed by atoms with Gasteiger partial charge in [0.05, 0.1) is 24.8 Å². The predicted octanol–water partition coefficient (Wildman–Crippen LogP) is 3.49. The summed E-state index contributed by atoms with van der Waals surface area (Å²) in [5, 5.41) is 0. The second-order valence-electron chi connectivity index (χ2n) is 8.40. The van der Waals surface area contributed by atoms with Crippen LogP contribution in [0, 0.1) is 0 Å². The second kappa shape index (κ2) is 10.6. The van der Waals surface area contributed by atoms with Gasteiger partial charge in [0.2, 0.25) is 5.91 Å². The fourth-order valence-corrected chi connectivity index (χ4v) is 4.39. The van der Waals surface area contributed by atoms with Crippen molar-refractivity contribution in [1.29, 1.82) is 0 Å². The van der Waals surface area contributed by atoms with Crippen molar-refractivity contribution in [1.82, 2.24) is 9.88 Å². The first-order valence-electron chi connectivity index (χ1n) is 11.7. The largest absolute Gasteiger partial charge is 0.494 e. The topological polar surface area (TPSA) is 66.0 Å². The third-order valence-electron chi connectivity index (χ3n) is 6.21. The average molecular weight is 437 g/mol. The third kappa shape index (κ3) is 5.10. The summed E-state index contributed by atoms with van der Waals surface area (Å²) in [5.41, 5.74) is 0.618. The van der Waals surface area contributed by atoms with E-state index in [2.05, 4.69) is 21.7 Å². The molecule has 32 heavy (non-hydrogen) atoms. The highest BCUT2D eigenvalue weighted by Crippen LogP contribution is 2.28. The van der Waals surface area contributed by atoms with Crippen molar-refractivity contribution in [2.45, 2.75) is 45.1 Å². The van der Waals surface area contributed by atoms with E-state index < -0.39 is 0 Å². The maximum atomic E-state index is 13.1. The van der Waals surface area contributed by atoms with Crippen LogP contribution in [0.3, 0.4) is 0 Å². The minimum atomic E-state index is -0.386. The molecule has 1 atom stereocenters. The quantitative estimate of drug-likeness (QED) is 0.443. The molecule has 2 aliphatic rings. The SMILES string of the molecule is CCCCCCOc1ccc(N2C(=O)C[C@@H](N3CCN(c4ccccn4)CC3)C2=O)cc1. The molecule has 2 aromatic rings. The zero-order chi connectivity index (χ0) is 22.3. The molecule has 0 radical (unpaired) electrons. The summed E-state index contributed by atoms with van der Waals surface area (Å²) in [4.78, 5) is 35.9. The van der Waals surface area contributed by atoms with E-state index in [9.17, 15) is 9.59 Å². The standard InChI is InChI=1S/C25H32N4O3/c1-2-3-4-7-18-32-21-11-9-20(10-12-21)29-24(30)19-22(25(29)31)27-14-16-28(17-15-27)23-8-5-6-13-26-23/h5-6,8-13,22H,2-4,7,14-19H2,1H3/t22-/m1/s1. The van der Waals surface area contributed by atoms with E-state index in [1.54, 1.807) is 18.3 Å². The molecule has 0 bridgehead atoms. The van der Waals surface area contributed by atoms with Gasteiger partial charge in [-0.05, 0) is 42.8 Å². The summed E-state index contributed by atoms with van der Waals surface area (Å²) in [6.07, 6.45) is 6.66.